The van der Waals surface area contributed by atoms with E-state index >= 15 is 0 Å². The molecular formula is C33H40ClN3O5S. The summed E-state index contributed by atoms with van der Waals surface area (Å²) < 4.78 is 32.0. The van der Waals surface area contributed by atoms with Crippen molar-refractivity contribution in [3.8, 4) is 5.75 Å². The van der Waals surface area contributed by atoms with E-state index in [0.717, 1.165) is 43.1 Å². The minimum absolute atomic E-state index is 0.0541. The summed E-state index contributed by atoms with van der Waals surface area (Å²) in [6.07, 6.45) is 5.81. The maximum absolute atomic E-state index is 14.0. The van der Waals surface area contributed by atoms with E-state index in [9.17, 15) is 18.0 Å². The minimum Gasteiger partial charge on any atom is -0.497 e. The fraction of sp³-hybridized carbons (Fsp3) is 0.394. The molecule has 3 aromatic carbocycles. The van der Waals surface area contributed by atoms with E-state index in [1.807, 2.05) is 42.5 Å². The molecule has 4 rings (SSSR count). The summed E-state index contributed by atoms with van der Waals surface area (Å²) in [6, 6.07) is 23.1. The van der Waals surface area contributed by atoms with Gasteiger partial charge in [0.25, 0.3) is 0 Å². The molecule has 1 saturated carbocycles. The lowest BCUT2D eigenvalue weighted by atomic mass is 10.0. The second-order valence-electron chi connectivity index (χ2n) is 11.0. The van der Waals surface area contributed by atoms with Crippen molar-refractivity contribution in [3.05, 3.63) is 95.0 Å². The van der Waals surface area contributed by atoms with Gasteiger partial charge in [0.2, 0.25) is 21.8 Å². The Morgan fingerprint density at radius 1 is 0.977 bits per heavy atom. The first kappa shape index (κ1) is 32.4. The van der Waals surface area contributed by atoms with Gasteiger partial charge in [-0.2, -0.15) is 0 Å². The Balaban J connectivity index is 1.59. The Labute approximate surface area is 260 Å². The molecule has 3 aromatic rings. The molecule has 1 atom stereocenters. The van der Waals surface area contributed by atoms with Crippen LogP contribution in [0, 0.1) is 0 Å². The number of sulfonamides is 1. The fourth-order valence-electron chi connectivity index (χ4n) is 5.52. The molecule has 1 aliphatic carbocycles. The van der Waals surface area contributed by atoms with Crippen LogP contribution in [-0.2, 0) is 32.6 Å². The summed E-state index contributed by atoms with van der Waals surface area (Å²) in [7, 11) is -2.10. The molecule has 0 unspecified atom stereocenters. The highest BCUT2D eigenvalue weighted by atomic mass is 35.5. The predicted octanol–water partition coefficient (Wildman–Crippen LogP) is 5.59. The lowest BCUT2D eigenvalue weighted by Gasteiger charge is -2.33. The molecule has 0 saturated heterocycles. The number of anilines is 1. The van der Waals surface area contributed by atoms with Gasteiger partial charge in [-0.25, -0.2) is 8.42 Å². The van der Waals surface area contributed by atoms with Gasteiger partial charge in [0.05, 0.1) is 19.1 Å². The first-order valence-electron chi connectivity index (χ1n) is 14.6. The molecule has 230 valence electrons. The van der Waals surface area contributed by atoms with E-state index in [1.165, 1.54) is 11.4 Å². The zero-order chi connectivity index (χ0) is 30.8. The molecule has 43 heavy (non-hydrogen) atoms. The van der Waals surface area contributed by atoms with Crippen molar-refractivity contribution in [2.75, 3.05) is 24.2 Å². The molecule has 1 fully saturated rings. The Morgan fingerprint density at radius 3 is 2.35 bits per heavy atom. The van der Waals surface area contributed by atoms with Gasteiger partial charge < -0.3 is 15.0 Å². The number of benzene rings is 3. The predicted molar refractivity (Wildman–Crippen MR) is 171 cm³/mol. The standard InChI is InChI=1S/C33H40ClN3O5S/c1-42-30-18-9-17-29(23-30)37(43(2,40)41)20-10-19-32(38)36(24-26-13-8-14-27(34)21-26)31(22-25-11-4-3-5-12-25)33(39)35-28-15-6-7-16-28/h3-5,8-9,11-14,17-18,21,23,28,31H,6-7,10,15-16,19-20,22,24H2,1-2H3,(H,35,39)/t31-/m0/s1. The van der Waals surface area contributed by atoms with E-state index in [-0.39, 0.29) is 43.8 Å². The Hall–Kier alpha value is -3.56. The highest BCUT2D eigenvalue weighted by Crippen LogP contribution is 2.25. The molecule has 0 heterocycles. The lowest BCUT2D eigenvalue weighted by Crippen LogP contribution is -2.52. The summed E-state index contributed by atoms with van der Waals surface area (Å²) in [5.41, 5.74) is 2.21. The van der Waals surface area contributed by atoms with Gasteiger partial charge >= 0.3 is 0 Å². The van der Waals surface area contributed by atoms with Crippen molar-refractivity contribution in [1.82, 2.24) is 10.2 Å². The van der Waals surface area contributed by atoms with Gasteiger partial charge in [-0.1, -0.05) is 73.0 Å². The third-order valence-corrected chi connectivity index (χ3v) is 9.14. The number of nitrogens with one attached hydrogen (secondary N) is 1. The zero-order valence-electron chi connectivity index (χ0n) is 24.7. The largest absolute Gasteiger partial charge is 0.497 e. The van der Waals surface area contributed by atoms with E-state index < -0.39 is 16.1 Å². The maximum atomic E-state index is 14.0. The highest BCUT2D eigenvalue weighted by Gasteiger charge is 2.32. The molecule has 1 aliphatic rings. The molecule has 1 N–H and O–H groups in total. The minimum atomic E-state index is -3.62. The zero-order valence-corrected chi connectivity index (χ0v) is 26.3. The molecular weight excluding hydrogens is 586 g/mol. The van der Waals surface area contributed by atoms with Crippen molar-refractivity contribution >= 4 is 39.1 Å². The summed E-state index contributed by atoms with van der Waals surface area (Å²) in [5, 5.41) is 3.74. The van der Waals surface area contributed by atoms with Crippen molar-refractivity contribution < 1.29 is 22.7 Å². The van der Waals surface area contributed by atoms with Crippen LogP contribution in [0.4, 0.5) is 5.69 Å². The van der Waals surface area contributed by atoms with Gasteiger partial charge in [0.1, 0.15) is 11.8 Å². The van der Waals surface area contributed by atoms with Crippen LogP contribution in [0.1, 0.15) is 49.7 Å². The van der Waals surface area contributed by atoms with Crippen LogP contribution in [0.5, 0.6) is 5.75 Å². The van der Waals surface area contributed by atoms with Crippen molar-refractivity contribution in [3.63, 3.8) is 0 Å². The number of halogens is 1. The number of nitrogens with zero attached hydrogens (tertiary/aromatic N) is 2. The number of amides is 2. The Morgan fingerprint density at radius 2 is 1.67 bits per heavy atom. The second-order valence-corrected chi connectivity index (χ2v) is 13.3. The number of hydrogen-bond donors (Lipinski definition) is 1. The van der Waals surface area contributed by atoms with E-state index in [1.54, 1.807) is 41.3 Å². The number of rotatable bonds is 14. The molecule has 0 spiro atoms. The summed E-state index contributed by atoms with van der Waals surface area (Å²) in [6.45, 7) is 0.293. The normalized spacial score (nSPS) is 14.2. The van der Waals surface area contributed by atoms with Gasteiger partial charge in [-0.15, -0.1) is 0 Å². The van der Waals surface area contributed by atoms with Gasteiger partial charge in [-0.3, -0.25) is 13.9 Å². The number of ether oxygens (including phenoxy) is 1. The molecule has 0 bridgehead atoms. The second kappa shape index (κ2) is 15.3. The summed E-state index contributed by atoms with van der Waals surface area (Å²) in [4.78, 5) is 29.5. The Kier molecular flexibility index (Phi) is 11.5. The molecule has 0 aromatic heterocycles. The van der Waals surface area contributed by atoms with Crippen LogP contribution in [0.15, 0.2) is 78.9 Å². The molecule has 8 nitrogen and oxygen atoms in total. The van der Waals surface area contributed by atoms with E-state index in [2.05, 4.69) is 5.32 Å². The number of carbonyl (C=O) groups is 2. The lowest BCUT2D eigenvalue weighted by molar-refractivity contribution is -0.141. The molecule has 0 radical (unpaired) electrons. The van der Waals surface area contributed by atoms with Crippen LogP contribution >= 0.6 is 11.6 Å². The van der Waals surface area contributed by atoms with Crippen molar-refractivity contribution in [1.29, 1.82) is 0 Å². The third-order valence-electron chi connectivity index (χ3n) is 7.71. The third kappa shape index (κ3) is 9.46. The van der Waals surface area contributed by atoms with Gasteiger partial charge in [0, 0.05) is 43.1 Å². The monoisotopic (exact) mass is 625 g/mol. The smallest absolute Gasteiger partial charge is 0.243 e. The summed E-state index contributed by atoms with van der Waals surface area (Å²) in [5.74, 6) is 0.119. The van der Waals surface area contributed by atoms with Gasteiger partial charge in [0.15, 0.2) is 0 Å². The molecule has 0 aliphatic heterocycles. The van der Waals surface area contributed by atoms with E-state index in [0.29, 0.717) is 22.9 Å². The number of carbonyl (C=O) groups excluding carboxylic acids is 2. The first-order chi connectivity index (χ1) is 20.6. The SMILES string of the molecule is COc1cccc(N(CCCC(=O)N(Cc2cccc(Cl)c2)[C@@H](Cc2ccccc2)C(=O)NC2CCCC2)S(C)(=O)=O)c1. The average Bonchev–Trinajstić information content (AvgIpc) is 3.50. The fourth-order valence-corrected chi connectivity index (χ4v) is 6.69. The van der Waals surface area contributed by atoms with Gasteiger partial charge in [-0.05, 0) is 54.7 Å². The van der Waals surface area contributed by atoms with Crippen LogP contribution in [0.2, 0.25) is 5.02 Å². The topological polar surface area (TPSA) is 96.0 Å². The van der Waals surface area contributed by atoms with Crippen molar-refractivity contribution in [2.45, 2.75) is 63.6 Å². The summed E-state index contributed by atoms with van der Waals surface area (Å²) >= 11 is 6.28. The van der Waals surface area contributed by atoms with E-state index in [4.69, 9.17) is 16.3 Å². The average molecular weight is 626 g/mol. The van der Waals surface area contributed by atoms with Crippen LogP contribution in [0.25, 0.3) is 0 Å². The quantitative estimate of drug-likeness (QED) is 0.252. The maximum Gasteiger partial charge on any atom is 0.243 e. The number of hydrogen-bond acceptors (Lipinski definition) is 5. The first-order valence-corrected chi connectivity index (χ1v) is 16.9. The number of methoxy groups -OCH3 is 1. The Bertz CT molecular complexity index is 1480. The highest BCUT2D eigenvalue weighted by molar-refractivity contribution is 7.92. The molecule has 10 heteroatoms. The molecule has 2 amide bonds. The van der Waals surface area contributed by atoms with Crippen LogP contribution in [-0.4, -0.2) is 57.1 Å². The van der Waals surface area contributed by atoms with Crippen LogP contribution < -0.4 is 14.4 Å². The van der Waals surface area contributed by atoms with Crippen LogP contribution in [0.3, 0.4) is 0 Å². The van der Waals surface area contributed by atoms with Crippen molar-refractivity contribution in [2.24, 2.45) is 0 Å².